The van der Waals surface area contributed by atoms with E-state index in [0.717, 1.165) is 12.8 Å². The molecule has 0 unspecified atom stereocenters. The maximum Gasteiger partial charge on any atom is 0.326 e. The van der Waals surface area contributed by atoms with Crippen LogP contribution in [0.15, 0.2) is 11.1 Å². The third-order valence-electron chi connectivity index (χ3n) is 3.01. The topological polar surface area (TPSA) is 66.4 Å². The molecule has 0 bridgehead atoms. The van der Waals surface area contributed by atoms with Crippen molar-refractivity contribution < 1.29 is 14.7 Å². The van der Waals surface area contributed by atoms with Gasteiger partial charge in [-0.1, -0.05) is 35.4 Å². The van der Waals surface area contributed by atoms with Crippen molar-refractivity contribution in [2.24, 2.45) is 5.92 Å². The Labute approximate surface area is 110 Å². The first-order valence-corrected chi connectivity index (χ1v) is 6.63. The van der Waals surface area contributed by atoms with Gasteiger partial charge in [-0.15, -0.1) is 0 Å². The molecule has 17 heavy (non-hydrogen) atoms. The number of hydrogen-bond donors (Lipinski definition) is 2. The van der Waals surface area contributed by atoms with Crippen LogP contribution in [0.5, 0.6) is 0 Å². The fraction of sp³-hybridized carbons (Fsp3) is 0.667. The van der Waals surface area contributed by atoms with E-state index < -0.39 is 12.0 Å². The number of rotatable bonds is 6. The lowest BCUT2D eigenvalue weighted by Crippen LogP contribution is -2.41. The molecule has 0 aliphatic heterocycles. The van der Waals surface area contributed by atoms with Crippen LogP contribution in [0.3, 0.4) is 0 Å². The second-order valence-corrected chi connectivity index (χ2v) is 5.66. The Morgan fingerprint density at radius 1 is 1.41 bits per heavy atom. The molecule has 0 spiro atoms. The van der Waals surface area contributed by atoms with E-state index in [2.05, 4.69) is 27.8 Å². The number of carboxylic acid groups (broad SMARTS) is 1. The number of hydrogen-bond acceptors (Lipinski definition) is 2. The van der Waals surface area contributed by atoms with Gasteiger partial charge in [-0.05, 0) is 23.2 Å². The molecule has 0 aromatic carbocycles. The maximum absolute atomic E-state index is 11.7. The summed E-state index contributed by atoms with van der Waals surface area (Å²) in [6.45, 7) is 3.59. The van der Waals surface area contributed by atoms with Crippen LogP contribution in [0.4, 0.5) is 0 Å². The first-order valence-electron chi connectivity index (χ1n) is 5.84. The zero-order valence-electron chi connectivity index (χ0n) is 9.75. The molecular weight excluding hydrogens is 286 g/mol. The van der Waals surface area contributed by atoms with Gasteiger partial charge >= 0.3 is 5.97 Å². The van der Waals surface area contributed by atoms with E-state index in [-0.39, 0.29) is 12.3 Å². The summed E-state index contributed by atoms with van der Waals surface area (Å²) in [5, 5.41) is 11.5. The third-order valence-corrected chi connectivity index (χ3v) is 3.33. The lowest BCUT2D eigenvalue weighted by molar-refractivity contribution is -0.141. The average Bonchev–Trinajstić information content (AvgIpc) is 2.68. The largest absolute Gasteiger partial charge is 0.480 e. The number of aliphatic carboxylic acids is 1. The lowest BCUT2D eigenvalue weighted by atomic mass is 10.0. The van der Waals surface area contributed by atoms with Crippen LogP contribution in [0.2, 0.25) is 0 Å². The minimum Gasteiger partial charge on any atom is -0.480 e. The molecule has 1 amide bonds. The van der Waals surface area contributed by atoms with Crippen molar-refractivity contribution in [3.05, 3.63) is 11.1 Å². The molecule has 1 atom stereocenters. The van der Waals surface area contributed by atoms with Gasteiger partial charge in [0.25, 0.3) is 0 Å². The molecule has 1 rings (SSSR count). The molecule has 5 heteroatoms. The van der Waals surface area contributed by atoms with Crippen molar-refractivity contribution in [2.45, 2.75) is 44.6 Å². The van der Waals surface area contributed by atoms with E-state index >= 15 is 0 Å². The molecule has 2 N–H and O–H groups in total. The molecule has 96 valence electrons. The Balaban J connectivity index is 2.40. The Hall–Kier alpha value is -0.840. The standard InChI is InChI=1S/C12H18BrNO3/c1-8(13)6-10(12(16)17)14-11(15)7-9-4-2-3-5-9/h9-10H,1-7H2,(H,14,15)(H,16,17)/t10-/m1/s1. The van der Waals surface area contributed by atoms with Gasteiger partial charge < -0.3 is 10.4 Å². The Kier molecular flexibility index (Phi) is 5.68. The van der Waals surface area contributed by atoms with Crippen LogP contribution < -0.4 is 5.32 Å². The van der Waals surface area contributed by atoms with Crippen molar-refractivity contribution in [3.63, 3.8) is 0 Å². The molecule has 0 aromatic heterocycles. The van der Waals surface area contributed by atoms with Gasteiger partial charge in [-0.3, -0.25) is 4.79 Å². The molecule has 0 heterocycles. The molecule has 1 fully saturated rings. The molecule has 4 nitrogen and oxygen atoms in total. The van der Waals surface area contributed by atoms with E-state index in [1.165, 1.54) is 12.8 Å². The number of amides is 1. The normalized spacial score (nSPS) is 17.7. The summed E-state index contributed by atoms with van der Waals surface area (Å²) in [5.74, 6) is -0.764. The molecular formula is C12H18BrNO3. The minimum absolute atomic E-state index is 0.168. The van der Waals surface area contributed by atoms with Gasteiger partial charge in [0.05, 0.1) is 0 Å². The molecule has 0 aromatic rings. The van der Waals surface area contributed by atoms with E-state index in [1.807, 2.05) is 0 Å². The maximum atomic E-state index is 11.7. The van der Waals surface area contributed by atoms with E-state index in [4.69, 9.17) is 5.11 Å². The highest BCUT2D eigenvalue weighted by atomic mass is 79.9. The zero-order chi connectivity index (χ0) is 12.8. The third kappa shape index (κ3) is 5.35. The van der Waals surface area contributed by atoms with Crippen LogP contribution in [-0.2, 0) is 9.59 Å². The number of carboxylic acids is 1. The van der Waals surface area contributed by atoms with Gasteiger partial charge in [0, 0.05) is 12.8 Å². The Morgan fingerprint density at radius 2 is 2.00 bits per heavy atom. The molecule has 0 radical (unpaired) electrons. The first kappa shape index (κ1) is 14.2. The Bertz CT molecular complexity index is 311. The van der Waals surface area contributed by atoms with Gasteiger partial charge in [-0.2, -0.15) is 0 Å². The van der Waals surface area contributed by atoms with Crippen molar-refractivity contribution in [3.8, 4) is 0 Å². The smallest absolute Gasteiger partial charge is 0.326 e. The van der Waals surface area contributed by atoms with Gasteiger partial charge in [0.15, 0.2) is 0 Å². The fourth-order valence-corrected chi connectivity index (χ4v) is 2.48. The second kappa shape index (κ2) is 6.79. The Morgan fingerprint density at radius 3 is 2.47 bits per heavy atom. The predicted octanol–water partition coefficient (Wildman–Crippen LogP) is 2.43. The van der Waals surface area contributed by atoms with Crippen molar-refractivity contribution >= 4 is 27.8 Å². The van der Waals surface area contributed by atoms with Crippen LogP contribution >= 0.6 is 15.9 Å². The number of nitrogens with one attached hydrogen (secondary N) is 1. The summed E-state index contributed by atoms with van der Waals surface area (Å²) < 4.78 is 0.575. The summed E-state index contributed by atoms with van der Waals surface area (Å²) in [5.41, 5.74) is 0. The fourth-order valence-electron chi connectivity index (χ4n) is 2.15. The SMILES string of the molecule is C=C(Br)C[C@@H](NC(=O)CC1CCCC1)C(=O)O. The van der Waals surface area contributed by atoms with Crippen molar-refractivity contribution in [2.75, 3.05) is 0 Å². The molecule has 0 saturated heterocycles. The quantitative estimate of drug-likeness (QED) is 0.792. The predicted molar refractivity (Wildman–Crippen MR) is 68.8 cm³/mol. The summed E-state index contributed by atoms with van der Waals surface area (Å²) in [7, 11) is 0. The molecule has 1 aliphatic carbocycles. The summed E-state index contributed by atoms with van der Waals surface area (Å²) >= 11 is 3.11. The van der Waals surface area contributed by atoms with Crippen LogP contribution in [-0.4, -0.2) is 23.0 Å². The highest BCUT2D eigenvalue weighted by molar-refractivity contribution is 9.11. The highest BCUT2D eigenvalue weighted by Gasteiger charge is 2.23. The number of carbonyl (C=O) groups is 2. The monoisotopic (exact) mass is 303 g/mol. The second-order valence-electron chi connectivity index (χ2n) is 4.53. The molecule has 1 saturated carbocycles. The summed E-state index contributed by atoms with van der Waals surface area (Å²) in [6, 6.07) is -0.879. The van der Waals surface area contributed by atoms with Crippen molar-refractivity contribution in [1.82, 2.24) is 5.32 Å². The zero-order valence-corrected chi connectivity index (χ0v) is 11.3. The van der Waals surface area contributed by atoms with Gasteiger partial charge in [0.2, 0.25) is 5.91 Å². The highest BCUT2D eigenvalue weighted by Crippen LogP contribution is 2.27. The molecule has 1 aliphatic rings. The average molecular weight is 304 g/mol. The number of halogens is 1. The van der Waals surface area contributed by atoms with Gasteiger partial charge in [0.1, 0.15) is 6.04 Å². The van der Waals surface area contributed by atoms with Crippen LogP contribution in [0.25, 0.3) is 0 Å². The van der Waals surface area contributed by atoms with E-state index in [0.29, 0.717) is 16.8 Å². The van der Waals surface area contributed by atoms with Gasteiger partial charge in [-0.25, -0.2) is 4.79 Å². The minimum atomic E-state index is -1.02. The number of carbonyl (C=O) groups excluding carboxylic acids is 1. The first-order chi connectivity index (χ1) is 7.99. The summed E-state index contributed by atoms with van der Waals surface area (Å²) in [4.78, 5) is 22.6. The van der Waals surface area contributed by atoms with E-state index in [1.54, 1.807) is 0 Å². The van der Waals surface area contributed by atoms with Crippen LogP contribution in [0, 0.1) is 5.92 Å². The van der Waals surface area contributed by atoms with E-state index in [9.17, 15) is 9.59 Å². The summed E-state index contributed by atoms with van der Waals surface area (Å²) in [6.07, 6.45) is 5.17. The van der Waals surface area contributed by atoms with Crippen LogP contribution in [0.1, 0.15) is 38.5 Å². The van der Waals surface area contributed by atoms with Crippen molar-refractivity contribution in [1.29, 1.82) is 0 Å². The lowest BCUT2D eigenvalue weighted by Gasteiger charge is -2.15.